The van der Waals surface area contributed by atoms with Gasteiger partial charge in [0.1, 0.15) is 0 Å². The molecule has 0 amide bonds. The fraction of sp³-hybridized carbons (Fsp3) is 0.500. The Bertz CT molecular complexity index is 311. The number of hydrogen-bond donors (Lipinski definition) is 1. The number of likely N-dealkylation sites (N-methyl/N-ethyl adjacent to an activating group) is 1. The van der Waals surface area contributed by atoms with Crippen LogP contribution in [-0.4, -0.2) is 19.8 Å². The Balaban J connectivity index is 2.82. The fourth-order valence-electron chi connectivity index (χ4n) is 1.53. The van der Waals surface area contributed by atoms with Crippen molar-refractivity contribution in [1.82, 2.24) is 5.32 Å². The molecule has 0 aliphatic heterocycles. The van der Waals surface area contributed by atoms with Crippen LogP contribution >= 0.6 is 31.9 Å². The van der Waals surface area contributed by atoms with Gasteiger partial charge in [0.2, 0.25) is 0 Å². The van der Waals surface area contributed by atoms with Crippen LogP contribution in [0.4, 0.5) is 0 Å². The Kier molecular flexibility index (Phi) is 6.58. The minimum Gasteiger partial charge on any atom is -0.380 e. The zero-order valence-electron chi connectivity index (χ0n) is 9.59. The summed E-state index contributed by atoms with van der Waals surface area (Å²) in [4.78, 5) is 0. The van der Waals surface area contributed by atoms with E-state index < -0.39 is 0 Å². The molecule has 0 aliphatic rings. The number of nitrogens with one attached hydrogen (secondary N) is 1. The third-order valence-corrected chi connectivity index (χ3v) is 3.14. The minimum absolute atomic E-state index is 0.249. The lowest BCUT2D eigenvalue weighted by Gasteiger charge is -2.18. The highest BCUT2D eigenvalue weighted by Gasteiger charge is 2.11. The number of ether oxygens (including phenoxy) is 1. The largest absolute Gasteiger partial charge is 0.380 e. The van der Waals surface area contributed by atoms with E-state index in [4.69, 9.17) is 4.74 Å². The van der Waals surface area contributed by atoms with Gasteiger partial charge in [-0.2, -0.15) is 0 Å². The van der Waals surface area contributed by atoms with Crippen LogP contribution < -0.4 is 5.32 Å². The molecule has 0 radical (unpaired) electrons. The molecule has 4 heteroatoms. The zero-order valence-corrected chi connectivity index (χ0v) is 12.8. The third-order valence-electron chi connectivity index (χ3n) is 2.23. The van der Waals surface area contributed by atoms with Gasteiger partial charge in [-0.3, -0.25) is 0 Å². The lowest BCUT2D eigenvalue weighted by molar-refractivity contribution is 0.123. The van der Waals surface area contributed by atoms with Gasteiger partial charge >= 0.3 is 0 Å². The minimum atomic E-state index is 0.249. The smallest absolute Gasteiger partial charge is 0.0661 e. The highest BCUT2D eigenvalue weighted by Crippen LogP contribution is 2.24. The Hall–Kier alpha value is 0.1000. The van der Waals surface area contributed by atoms with E-state index in [1.165, 1.54) is 5.56 Å². The van der Waals surface area contributed by atoms with Gasteiger partial charge in [0.25, 0.3) is 0 Å². The SMILES string of the molecule is CCNC(COCC)c1cc(Br)cc(Br)c1. The van der Waals surface area contributed by atoms with Crippen molar-refractivity contribution in [2.45, 2.75) is 19.9 Å². The maximum absolute atomic E-state index is 5.49. The Morgan fingerprint density at radius 2 is 1.81 bits per heavy atom. The molecule has 1 unspecified atom stereocenters. The van der Waals surface area contributed by atoms with E-state index in [0.29, 0.717) is 6.61 Å². The molecule has 0 bridgehead atoms. The van der Waals surface area contributed by atoms with E-state index in [0.717, 1.165) is 22.1 Å². The molecule has 90 valence electrons. The van der Waals surface area contributed by atoms with Crippen molar-refractivity contribution in [1.29, 1.82) is 0 Å². The normalized spacial score (nSPS) is 12.8. The van der Waals surface area contributed by atoms with Crippen LogP contribution in [0.25, 0.3) is 0 Å². The molecule has 0 saturated heterocycles. The highest BCUT2D eigenvalue weighted by atomic mass is 79.9. The molecule has 0 aliphatic carbocycles. The maximum Gasteiger partial charge on any atom is 0.0661 e. The second-order valence-corrected chi connectivity index (χ2v) is 5.30. The molecule has 1 N–H and O–H groups in total. The first-order valence-electron chi connectivity index (χ1n) is 5.44. The molecule has 2 nitrogen and oxygen atoms in total. The number of benzene rings is 1. The molecule has 1 atom stereocenters. The molecular weight excluding hydrogens is 334 g/mol. The quantitative estimate of drug-likeness (QED) is 0.840. The summed E-state index contributed by atoms with van der Waals surface area (Å²) in [6, 6.07) is 6.53. The molecule has 16 heavy (non-hydrogen) atoms. The summed E-state index contributed by atoms with van der Waals surface area (Å²) in [5.74, 6) is 0. The second kappa shape index (κ2) is 7.43. The topological polar surface area (TPSA) is 21.3 Å². The van der Waals surface area contributed by atoms with Gasteiger partial charge in [-0.1, -0.05) is 38.8 Å². The van der Waals surface area contributed by atoms with E-state index in [-0.39, 0.29) is 6.04 Å². The lowest BCUT2D eigenvalue weighted by atomic mass is 10.1. The number of halogens is 2. The van der Waals surface area contributed by atoms with Crippen molar-refractivity contribution in [3.63, 3.8) is 0 Å². The highest BCUT2D eigenvalue weighted by molar-refractivity contribution is 9.11. The van der Waals surface area contributed by atoms with Crippen LogP contribution in [0.3, 0.4) is 0 Å². The Morgan fingerprint density at radius 1 is 1.19 bits per heavy atom. The molecule has 0 heterocycles. The van der Waals surface area contributed by atoms with Crippen molar-refractivity contribution in [3.05, 3.63) is 32.7 Å². The number of hydrogen-bond acceptors (Lipinski definition) is 2. The first kappa shape index (κ1) is 14.2. The maximum atomic E-state index is 5.49. The van der Waals surface area contributed by atoms with Gasteiger partial charge in [-0.15, -0.1) is 0 Å². The number of rotatable bonds is 6. The summed E-state index contributed by atoms with van der Waals surface area (Å²) in [6.07, 6.45) is 0. The molecule has 0 aromatic heterocycles. The Labute approximate surface area is 114 Å². The van der Waals surface area contributed by atoms with E-state index in [9.17, 15) is 0 Å². The molecule has 0 saturated carbocycles. The van der Waals surface area contributed by atoms with Crippen LogP contribution in [-0.2, 0) is 4.74 Å². The fourth-order valence-corrected chi connectivity index (χ4v) is 2.86. The van der Waals surface area contributed by atoms with Gasteiger partial charge in [0, 0.05) is 15.6 Å². The average molecular weight is 351 g/mol. The van der Waals surface area contributed by atoms with Gasteiger partial charge in [-0.25, -0.2) is 0 Å². The van der Waals surface area contributed by atoms with Crippen molar-refractivity contribution in [2.24, 2.45) is 0 Å². The Morgan fingerprint density at radius 3 is 2.31 bits per heavy atom. The molecule has 1 aromatic carbocycles. The van der Waals surface area contributed by atoms with Crippen LogP contribution in [0.5, 0.6) is 0 Å². The van der Waals surface area contributed by atoms with E-state index >= 15 is 0 Å². The molecule has 1 aromatic rings. The molecule has 0 fully saturated rings. The summed E-state index contributed by atoms with van der Waals surface area (Å²) in [5, 5.41) is 3.42. The summed E-state index contributed by atoms with van der Waals surface area (Å²) < 4.78 is 7.65. The summed E-state index contributed by atoms with van der Waals surface area (Å²) in [6.45, 7) is 6.50. The second-order valence-electron chi connectivity index (χ2n) is 3.47. The van der Waals surface area contributed by atoms with E-state index in [1.54, 1.807) is 0 Å². The first-order chi connectivity index (χ1) is 7.67. The standard InChI is InChI=1S/C12H17Br2NO/c1-3-15-12(8-16-4-2)9-5-10(13)7-11(14)6-9/h5-7,12,15H,3-4,8H2,1-2H3. The van der Waals surface area contributed by atoms with Crippen LogP contribution in [0.15, 0.2) is 27.1 Å². The summed E-state index contributed by atoms with van der Waals surface area (Å²) in [5.41, 5.74) is 1.23. The zero-order chi connectivity index (χ0) is 12.0. The average Bonchev–Trinajstić information content (AvgIpc) is 2.22. The van der Waals surface area contributed by atoms with E-state index in [1.807, 2.05) is 13.0 Å². The van der Waals surface area contributed by atoms with Crippen molar-refractivity contribution in [3.8, 4) is 0 Å². The predicted molar refractivity (Wildman–Crippen MR) is 74.8 cm³/mol. The first-order valence-corrected chi connectivity index (χ1v) is 7.03. The molecule has 1 rings (SSSR count). The van der Waals surface area contributed by atoms with Gasteiger partial charge < -0.3 is 10.1 Å². The molecular formula is C12H17Br2NO. The molecule has 0 spiro atoms. The van der Waals surface area contributed by atoms with Crippen LogP contribution in [0.1, 0.15) is 25.5 Å². The van der Waals surface area contributed by atoms with Crippen molar-refractivity contribution in [2.75, 3.05) is 19.8 Å². The van der Waals surface area contributed by atoms with Gasteiger partial charge in [-0.05, 0) is 37.2 Å². The van der Waals surface area contributed by atoms with Crippen LogP contribution in [0.2, 0.25) is 0 Å². The summed E-state index contributed by atoms with van der Waals surface area (Å²) in [7, 11) is 0. The van der Waals surface area contributed by atoms with Crippen molar-refractivity contribution >= 4 is 31.9 Å². The van der Waals surface area contributed by atoms with Crippen LogP contribution in [0, 0.1) is 0 Å². The van der Waals surface area contributed by atoms with E-state index in [2.05, 4.69) is 56.2 Å². The predicted octanol–water partition coefficient (Wildman–Crippen LogP) is 3.90. The monoisotopic (exact) mass is 349 g/mol. The lowest BCUT2D eigenvalue weighted by Crippen LogP contribution is -2.25. The van der Waals surface area contributed by atoms with Gasteiger partial charge in [0.15, 0.2) is 0 Å². The summed E-state index contributed by atoms with van der Waals surface area (Å²) >= 11 is 7.00. The van der Waals surface area contributed by atoms with Crippen molar-refractivity contribution < 1.29 is 4.74 Å². The third kappa shape index (κ3) is 4.53. The van der Waals surface area contributed by atoms with Gasteiger partial charge in [0.05, 0.1) is 12.6 Å².